The Balaban J connectivity index is 2.79. The minimum absolute atomic E-state index is 0.108. The van der Waals surface area contributed by atoms with Gasteiger partial charge in [-0.2, -0.15) is 0 Å². The van der Waals surface area contributed by atoms with Crippen molar-refractivity contribution in [3.8, 4) is 0 Å². The van der Waals surface area contributed by atoms with Crippen LogP contribution in [0.3, 0.4) is 0 Å². The fourth-order valence-corrected chi connectivity index (χ4v) is 0.920. The molecule has 70 valence electrons. The molecule has 0 saturated heterocycles. The number of hydrogen-bond donors (Lipinski definition) is 1. The fourth-order valence-electron chi connectivity index (χ4n) is 0.920. The molecule has 0 aliphatic heterocycles. The third-order valence-electron chi connectivity index (χ3n) is 1.78. The van der Waals surface area contributed by atoms with E-state index in [9.17, 15) is 9.18 Å². The largest absolute Gasteiger partial charge is 0.326 e. The van der Waals surface area contributed by atoms with Gasteiger partial charge < -0.3 is 5.32 Å². The first kappa shape index (κ1) is 9.71. The maximum absolute atomic E-state index is 13.0. The van der Waals surface area contributed by atoms with E-state index >= 15 is 0 Å². The Morgan fingerprint density at radius 3 is 2.77 bits per heavy atom. The van der Waals surface area contributed by atoms with Crippen LogP contribution in [0.4, 0.5) is 10.1 Å². The Hall–Kier alpha value is -1.38. The van der Waals surface area contributed by atoms with E-state index in [4.69, 9.17) is 0 Å². The van der Waals surface area contributed by atoms with Crippen LogP contribution < -0.4 is 5.32 Å². The highest BCUT2D eigenvalue weighted by atomic mass is 19.1. The van der Waals surface area contributed by atoms with Crippen molar-refractivity contribution in [1.29, 1.82) is 0 Å². The van der Waals surface area contributed by atoms with Gasteiger partial charge in [-0.1, -0.05) is 13.0 Å². The van der Waals surface area contributed by atoms with Crippen molar-refractivity contribution >= 4 is 11.6 Å². The maximum atomic E-state index is 13.0. The molecule has 1 amide bonds. The second-order valence-corrected chi connectivity index (χ2v) is 2.87. The number of hydrogen-bond acceptors (Lipinski definition) is 1. The van der Waals surface area contributed by atoms with Gasteiger partial charge in [0, 0.05) is 12.1 Å². The molecule has 0 spiro atoms. The Morgan fingerprint density at radius 2 is 2.23 bits per heavy atom. The van der Waals surface area contributed by atoms with Gasteiger partial charge in [-0.25, -0.2) is 4.39 Å². The first-order chi connectivity index (χ1) is 6.13. The molecule has 3 heteroatoms. The third-order valence-corrected chi connectivity index (χ3v) is 1.78. The molecule has 0 aromatic heterocycles. The lowest BCUT2D eigenvalue weighted by Gasteiger charge is -2.04. The molecule has 1 aromatic carbocycles. The summed E-state index contributed by atoms with van der Waals surface area (Å²) in [5, 5.41) is 2.58. The van der Waals surface area contributed by atoms with E-state index in [1.807, 2.05) is 0 Å². The number of halogens is 1. The molecule has 1 N–H and O–H groups in total. The quantitative estimate of drug-likeness (QED) is 0.746. The number of anilines is 1. The van der Waals surface area contributed by atoms with Crippen molar-refractivity contribution in [3.63, 3.8) is 0 Å². The average Bonchev–Trinajstić information content (AvgIpc) is 2.11. The standard InChI is InChI=1S/C10H12FNO/c1-3-10(13)12-8-5-4-7(2)9(11)6-8/h4-6H,3H2,1-2H3,(H,12,13). The molecule has 13 heavy (non-hydrogen) atoms. The molecule has 2 nitrogen and oxygen atoms in total. The summed E-state index contributed by atoms with van der Waals surface area (Å²) >= 11 is 0. The lowest BCUT2D eigenvalue weighted by Crippen LogP contribution is -2.09. The Labute approximate surface area is 76.8 Å². The number of carbonyl (C=O) groups is 1. The fraction of sp³-hybridized carbons (Fsp3) is 0.300. The number of benzene rings is 1. The van der Waals surface area contributed by atoms with Gasteiger partial charge in [0.1, 0.15) is 5.82 Å². The summed E-state index contributed by atoms with van der Waals surface area (Å²) in [5.41, 5.74) is 1.09. The highest BCUT2D eigenvalue weighted by molar-refractivity contribution is 5.90. The predicted molar refractivity (Wildman–Crippen MR) is 50.1 cm³/mol. The van der Waals surface area contributed by atoms with Crippen molar-refractivity contribution in [2.24, 2.45) is 0 Å². The summed E-state index contributed by atoms with van der Waals surface area (Å²) in [4.78, 5) is 10.9. The van der Waals surface area contributed by atoms with Crippen LogP contribution in [0.15, 0.2) is 18.2 Å². The zero-order valence-corrected chi connectivity index (χ0v) is 7.73. The monoisotopic (exact) mass is 181 g/mol. The molecule has 0 fully saturated rings. The van der Waals surface area contributed by atoms with Gasteiger partial charge in [-0.3, -0.25) is 4.79 Å². The van der Waals surface area contributed by atoms with Gasteiger partial charge in [-0.05, 0) is 24.6 Å². The number of nitrogens with one attached hydrogen (secondary N) is 1. The molecule has 0 saturated carbocycles. The summed E-state index contributed by atoms with van der Waals surface area (Å²) in [6, 6.07) is 4.65. The smallest absolute Gasteiger partial charge is 0.224 e. The van der Waals surface area contributed by atoms with Crippen molar-refractivity contribution in [2.45, 2.75) is 20.3 Å². The van der Waals surface area contributed by atoms with Gasteiger partial charge in [0.05, 0.1) is 0 Å². The average molecular weight is 181 g/mol. The lowest BCUT2D eigenvalue weighted by molar-refractivity contribution is -0.115. The molecule has 0 radical (unpaired) electrons. The number of rotatable bonds is 2. The molecule has 1 aromatic rings. The topological polar surface area (TPSA) is 29.1 Å². The second-order valence-electron chi connectivity index (χ2n) is 2.87. The van der Waals surface area contributed by atoms with E-state index in [2.05, 4.69) is 5.32 Å². The van der Waals surface area contributed by atoms with Gasteiger partial charge in [0.2, 0.25) is 5.91 Å². The van der Waals surface area contributed by atoms with E-state index in [0.717, 1.165) is 0 Å². The SMILES string of the molecule is CCC(=O)Nc1ccc(C)c(F)c1. The van der Waals surface area contributed by atoms with E-state index < -0.39 is 0 Å². The normalized spacial score (nSPS) is 9.77. The summed E-state index contributed by atoms with van der Waals surface area (Å²) in [5.74, 6) is -0.405. The van der Waals surface area contributed by atoms with Gasteiger partial charge >= 0.3 is 0 Å². The molecular weight excluding hydrogens is 169 g/mol. The molecule has 0 unspecified atom stereocenters. The number of aryl methyl sites for hydroxylation is 1. The Kier molecular flexibility index (Phi) is 3.01. The number of carbonyl (C=O) groups excluding carboxylic acids is 1. The second kappa shape index (κ2) is 4.03. The zero-order chi connectivity index (χ0) is 9.84. The van der Waals surface area contributed by atoms with Crippen LogP contribution in [0.5, 0.6) is 0 Å². The molecule has 0 aliphatic carbocycles. The first-order valence-electron chi connectivity index (χ1n) is 4.19. The van der Waals surface area contributed by atoms with E-state index in [0.29, 0.717) is 17.7 Å². The summed E-state index contributed by atoms with van der Waals surface area (Å²) in [6.45, 7) is 3.43. The molecule has 0 aliphatic rings. The van der Waals surface area contributed by atoms with Crippen LogP contribution in [-0.2, 0) is 4.79 Å². The van der Waals surface area contributed by atoms with Crippen LogP contribution in [0.25, 0.3) is 0 Å². The first-order valence-corrected chi connectivity index (χ1v) is 4.19. The predicted octanol–water partition coefficient (Wildman–Crippen LogP) is 2.48. The summed E-state index contributed by atoms with van der Waals surface area (Å²) in [7, 11) is 0. The van der Waals surface area contributed by atoms with Crippen LogP contribution >= 0.6 is 0 Å². The molecule has 0 heterocycles. The highest BCUT2D eigenvalue weighted by Crippen LogP contribution is 2.13. The number of amides is 1. The molecule has 0 bridgehead atoms. The third kappa shape index (κ3) is 2.54. The molecular formula is C10H12FNO. The van der Waals surface area contributed by atoms with Crippen molar-refractivity contribution in [1.82, 2.24) is 0 Å². The Bertz CT molecular complexity index is 323. The van der Waals surface area contributed by atoms with Crippen molar-refractivity contribution in [3.05, 3.63) is 29.6 Å². The summed E-state index contributed by atoms with van der Waals surface area (Å²) < 4.78 is 13.0. The Morgan fingerprint density at radius 1 is 1.54 bits per heavy atom. The highest BCUT2D eigenvalue weighted by Gasteiger charge is 2.01. The molecule has 1 rings (SSSR count). The van der Waals surface area contributed by atoms with Crippen LogP contribution in [0, 0.1) is 12.7 Å². The maximum Gasteiger partial charge on any atom is 0.224 e. The van der Waals surface area contributed by atoms with Crippen molar-refractivity contribution in [2.75, 3.05) is 5.32 Å². The minimum atomic E-state index is -0.297. The van der Waals surface area contributed by atoms with E-state index in [1.54, 1.807) is 26.0 Å². The van der Waals surface area contributed by atoms with Gasteiger partial charge in [0.25, 0.3) is 0 Å². The molecule has 0 atom stereocenters. The summed E-state index contributed by atoms with van der Waals surface area (Å²) in [6.07, 6.45) is 0.398. The minimum Gasteiger partial charge on any atom is -0.326 e. The van der Waals surface area contributed by atoms with Crippen molar-refractivity contribution < 1.29 is 9.18 Å². The van der Waals surface area contributed by atoms with E-state index in [1.165, 1.54) is 6.07 Å². The lowest BCUT2D eigenvalue weighted by atomic mass is 10.2. The van der Waals surface area contributed by atoms with Gasteiger partial charge in [-0.15, -0.1) is 0 Å². The van der Waals surface area contributed by atoms with Crippen LogP contribution in [-0.4, -0.2) is 5.91 Å². The van der Waals surface area contributed by atoms with Crippen LogP contribution in [0.1, 0.15) is 18.9 Å². The van der Waals surface area contributed by atoms with Gasteiger partial charge in [0.15, 0.2) is 0 Å². The zero-order valence-electron chi connectivity index (χ0n) is 7.73. The van der Waals surface area contributed by atoms with E-state index in [-0.39, 0.29) is 11.7 Å². The van der Waals surface area contributed by atoms with Crippen LogP contribution in [0.2, 0.25) is 0 Å².